The zero-order valence-corrected chi connectivity index (χ0v) is 11.4. The first-order valence-electron chi connectivity index (χ1n) is 6.68. The maximum absolute atomic E-state index is 11.7. The van der Waals surface area contributed by atoms with Crippen LogP contribution in [0.2, 0.25) is 0 Å². The Labute approximate surface area is 104 Å². The molecule has 0 saturated heterocycles. The molecular formula is C13H26N2O2. The van der Waals surface area contributed by atoms with Gasteiger partial charge in [0.2, 0.25) is 0 Å². The summed E-state index contributed by atoms with van der Waals surface area (Å²) in [5, 5.41) is 0. The van der Waals surface area contributed by atoms with Crippen molar-refractivity contribution in [2.24, 2.45) is 11.7 Å². The highest BCUT2D eigenvalue weighted by Gasteiger charge is 2.33. The Hall–Kier alpha value is -0.610. The van der Waals surface area contributed by atoms with Gasteiger partial charge in [-0.15, -0.1) is 0 Å². The molecule has 17 heavy (non-hydrogen) atoms. The number of esters is 1. The molecule has 0 radical (unpaired) electrons. The highest BCUT2D eigenvalue weighted by molar-refractivity contribution is 5.80. The molecule has 0 heterocycles. The molecule has 100 valence electrons. The lowest BCUT2D eigenvalue weighted by atomic mass is 9.85. The van der Waals surface area contributed by atoms with Crippen LogP contribution in [0.25, 0.3) is 0 Å². The number of ether oxygens (including phenoxy) is 1. The van der Waals surface area contributed by atoms with E-state index in [2.05, 4.69) is 11.8 Å². The molecule has 0 aromatic carbocycles. The lowest BCUT2D eigenvalue weighted by Crippen LogP contribution is -2.55. The van der Waals surface area contributed by atoms with Gasteiger partial charge in [0.25, 0.3) is 0 Å². The minimum absolute atomic E-state index is 0.299. The van der Waals surface area contributed by atoms with Gasteiger partial charge in [-0.1, -0.05) is 13.3 Å². The fourth-order valence-electron chi connectivity index (χ4n) is 2.17. The van der Waals surface area contributed by atoms with E-state index in [1.54, 1.807) is 13.8 Å². The first kappa shape index (κ1) is 14.5. The summed E-state index contributed by atoms with van der Waals surface area (Å²) < 4.78 is 5.01. The zero-order valence-electron chi connectivity index (χ0n) is 11.4. The molecule has 0 bridgehead atoms. The van der Waals surface area contributed by atoms with Gasteiger partial charge < -0.3 is 15.4 Å². The van der Waals surface area contributed by atoms with Crippen LogP contribution in [0.1, 0.15) is 40.0 Å². The van der Waals surface area contributed by atoms with Gasteiger partial charge in [-0.25, -0.2) is 0 Å². The number of carbonyl (C=O) groups is 1. The van der Waals surface area contributed by atoms with Gasteiger partial charge in [-0.3, -0.25) is 4.79 Å². The molecule has 1 aliphatic carbocycles. The monoisotopic (exact) mass is 242 g/mol. The molecule has 1 rings (SSSR count). The van der Waals surface area contributed by atoms with E-state index in [0.717, 1.165) is 19.0 Å². The van der Waals surface area contributed by atoms with E-state index >= 15 is 0 Å². The Balaban J connectivity index is 2.43. The molecule has 0 aromatic rings. The Bertz CT molecular complexity index is 250. The number of carbonyl (C=O) groups excluding carboxylic acids is 1. The van der Waals surface area contributed by atoms with Gasteiger partial charge in [-0.05, 0) is 39.2 Å². The fourth-order valence-corrected chi connectivity index (χ4v) is 2.17. The first-order chi connectivity index (χ1) is 7.99. The number of nitrogens with two attached hydrogens (primary N) is 1. The largest absolute Gasteiger partial charge is 0.465 e. The van der Waals surface area contributed by atoms with Gasteiger partial charge in [0.15, 0.2) is 0 Å². The van der Waals surface area contributed by atoms with Crippen LogP contribution in [-0.4, -0.2) is 42.6 Å². The van der Waals surface area contributed by atoms with Crippen molar-refractivity contribution in [3.05, 3.63) is 0 Å². The highest BCUT2D eigenvalue weighted by atomic mass is 16.5. The fraction of sp³-hybridized carbons (Fsp3) is 0.923. The summed E-state index contributed by atoms with van der Waals surface area (Å²) in [5.74, 6) is 0.500. The average molecular weight is 242 g/mol. The summed E-state index contributed by atoms with van der Waals surface area (Å²) in [6, 6.07) is 0. The molecule has 1 aliphatic rings. The third-order valence-corrected chi connectivity index (χ3v) is 3.48. The Morgan fingerprint density at radius 1 is 1.47 bits per heavy atom. The maximum atomic E-state index is 11.7. The smallest absolute Gasteiger partial charge is 0.327 e. The minimum Gasteiger partial charge on any atom is -0.465 e. The summed E-state index contributed by atoms with van der Waals surface area (Å²) in [6.45, 7) is 8.64. The van der Waals surface area contributed by atoms with Crippen LogP contribution in [-0.2, 0) is 9.53 Å². The SMILES string of the molecule is CCOC(=O)C(C)(N)CN(CC)CC1CCC1. The van der Waals surface area contributed by atoms with Crippen molar-refractivity contribution in [2.75, 3.05) is 26.2 Å². The number of likely N-dealkylation sites (N-methyl/N-ethyl adjacent to an activating group) is 1. The Morgan fingerprint density at radius 3 is 2.53 bits per heavy atom. The molecule has 1 unspecified atom stereocenters. The summed E-state index contributed by atoms with van der Waals surface area (Å²) in [5.41, 5.74) is 5.15. The highest BCUT2D eigenvalue weighted by Crippen LogP contribution is 2.27. The van der Waals surface area contributed by atoms with Crippen molar-refractivity contribution in [3.63, 3.8) is 0 Å². The number of rotatable bonds is 7. The molecule has 0 spiro atoms. The van der Waals surface area contributed by atoms with Gasteiger partial charge in [-0.2, -0.15) is 0 Å². The first-order valence-corrected chi connectivity index (χ1v) is 6.68. The predicted octanol–water partition coefficient (Wildman–Crippen LogP) is 1.39. The second kappa shape index (κ2) is 6.36. The van der Waals surface area contributed by atoms with Gasteiger partial charge in [0.05, 0.1) is 6.61 Å². The molecule has 1 fully saturated rings. The predicted molar refractivity (Wildman–Crippen MR) is 68.7 cm³/mol. The van der Waals surface area contributed by atoms with Crippen LogP contribution in [0.3, 0.4) is 0 Å². The van der Waals surface area contributed by atoms with E-state index in [4.69, 9.17) is 10.5 Å². The quantitative estimate of drug-likeness (QED) is 0.685. The van der Waals surface area contributed by atoms with Crippen molar-refractivity contribution < 1.29 is 9.53 Å². The lowest BCUT2D eigenvalue weighted by molar-refractivity contribution is -0.149. The minimum atomic E-state index is -0.893. The van der Waals surface area contributed by atoms with Crippen LogP contribution in [0.15, 0.2) is 0 Å². The van der Waals surface area contributed by atoms with Crippen molar-refractivity contribution in [1.82, 2.24) is 4.90 Å². The van der Waals surface area contributed by atoms with E-state index in [9.17, 15) is 4.79 Å². The molecular weight excluding hydrogens is 216 g/mol. The summed E-state index contributed by atoms with van der Waals surface area (Å²) >= 11 is 0. The zero-order chi connectivity index (χ0) is 12.9. The van der Waals surface area contributed by atoms with Crippen LogP contribution in [0, 0.1) is 5.92 Å². The summed E-state index contributed by atoms with van der Waals surface area (Å²) in [7, 11) is 0. The third kappa shape index (κ3) is 4.28. The number of hydrogen-bond donors (Lipinski definition) is 1. The average Bonchev–Trinajstić information content (AvgIpc) is 2.21. The van der Waals surface area contributed by atoms with Crippen LogP contribution in [0.4, 0.5) is 0 Å². The van der Waals surface area contributed by atoms with Crippen molar-refractivity contribution in [1.29, 1.82) is 0 Å². The van der Waals surface area contributed by atoms with E-state index in [-0.39, 0.29) is 5.97 Å². The van der Waals surface area contributed by atoms with Crippen molar-refractivity contribution >= 4 is 5.97 Å². The molecule has 4 nitrogen and oxygen atoms in total. The van der Waals surface area contributed by atoms with Crippen molar-refractivity contribution in [3.8, 4) is 0 Å². The maximum Gasteiger partial charge on any atom is 0.327 e. The molecule has 1 saturated carbocycles. The lowest BCUT2D eigenvalue weighted by Gasteiger charge is -2.35. The summed E-state index contributed by atoms with van der Waals surface area (Å²) in [6.07, 6.45) is 3.98. The van der Waals surface area contributed by atoms with Gasteiger partial charge in [0, 0.05) is 13.1 Å². The topological polar surface area (TPSA) is 55.6 Å². The number of nitrogens with zero attached hydrogens (tertiary/aromatic N) is 1. The number of hydrogen-bond acceptors (Lipinski definition) is 4. The van der Waals surface area contributed by atoms with Crippen molar-refractivity contribution in [2.45, 2.75) is 45.6 Å². The van der Waals surface area contributed by atoms with Crippen LogP contribution in [0.5, 0.6) is 0 Å². The van der Waals surface area contributed by atoms with E-state index in [1.807, 2.05) is 0 Å². The molecule has 0 aromatic heterocycles. The third-order valence-electron chi connectivity index (χ3n) is 3.48. The van der Waals surface area contributed by atoms with E-state index in [1.165, 1.54) is 19.3 Å². The van der Waals surface area contributed by atoms with Crippen LogP contribution >= 0.6 is 0 Å². The second-order valence-corrected chi connectivity index (χ2v) is 5.26. The molecule has 0 aliphatic heterocycles. The summed E-state index contributed by atoms with van der Waals surface area (Å²) in [4.78, 5) is 14.0. The van der Waals surface area contributed by atoms with Gasteiger partial charge in [0.1, 0.15) is 5.54 Å². The second-order valence-electron chi connectivity index (χ2n) is 5.26. The van der Waals surface area contributed by atoms with E-state index in [0.29, 0.717) is 13.2 Å². The molecule has 1 atom stereocenters. The molecule has 4 heteroatoms. The molecule has 0 amide bonds. The Morgan fingerprint density at radius 2 is 2.12 bits per heavy atom. The molecule has 2 N–H and O–H groups in total. The van der Waals surface area contributed by atoms with Crippen LogP contribution < -0.4 is 5.73 Å². The normalized spacial score (nSPS) is 19.8. The Kier molecular flexibility index (Phi) is 5.40. The standard InChI is InChI=1S/C13H26N2O2/c1-4-15(9-11-7-6-8-11)10-13(3,14)12(16)17-5-2/h11H,4-10,14H2,1-3H3. The van der Waals surface area contributed by atoms with Gasteiger partial charge >= 0.3 is 5.97 Å². The van der Waals surface area contributed by atoms with E-state index < -0.39 is 5.54 Å².